The van der Waals surface area contributed by atoms with Crippen molar-refractivity contribution in [3.8, 4) is 11.1 Å². The van der Waals surface area contributed by atoms with Crippen molar-refractivity contribution in [3.05, 3.63) is 86.9 Å². The normalized spacial score (nSPS) is 14.1. The fourth-order valence-corrected chi connectivity index (χ4v) is 5.14. The van der Waals surface area contributed by atoms with Crippen LogP contribution < -0.4 is 10.9 Å². The molecule has 7 nitrogen and oxygen atoms in total. The molecule has 2 N–H and O–H groups in total. The van der Waals surface area contributed by atoms with Gasteiger partial charge < -0.3 is 24.1 Å². The third-order valence-corrected chi connectivity index (χ3v) is 7.08. The molecular formula is C27H28ClFN4O3. The Morgan fingerprint density at radius 2 is 2.00 bits per heavy atom. The maximum Gasteiger partial charge on any atom is 0.275 e. The Morgan fingerprint density at radius 3 is 2.75 bits per heavy atom. The molecule has 1 aromatic carbocycles. The van der Waals surface area contributed by atoms with Gasteiger partial charge in [0.25, 0.3) is 5.56 Å². The van der Waals surface area contributed by atoms with E-state index in [1.165, 1.54) is 31.0 Å². The van der Waals surface area contributed by atoms with Gasteiger partial charge in [-0.1, -0.05) is 30.5 Å². The Morgan fingerprint density at radius 1 is 1.19 bits per heavy atom. The van der Waals surface area contributed by atoms with Crippen LogP contribution in [0.25, 0.3) is 16.6 Å². The summed E-state index contributed by atoms with van der Waals surface area (Å²) in [5, 5.41) is 13.7. The van der Waals surface area contributed by atoms with E-state index in [-0.39, 0.29) is 25.3 Å². The number of aliphatic hydroxyl groups excluding tert-OH is 1. The second-order valence-corrected chi connectivity index (χ2v) is 9.62. The highest BCUT2D eigenvalue weighted by Crippen LogP contribution is 2.32. The molecule has 0 amide bonds. The molecular weight excluding hydrogens is 483 g/mol. The topological polar surface area (TPSA) is 80.8 Å². The minimum Gasteiger partial charge on any atom is -0.392 e. The number of benzene rings is 1. The van der Waals surface area contributed by atoms with Crippen LogP contribution in [-0.4, -0.2) is 32.2 Å². The molecule has 188 valence electrons. The van der Waals surface area contributed by atoms with Gasteiger partial charge >= 0.3 is 0 Å². The highest BCUT2D eigenvalue weighted by Gasteiger charge is 2.18. The van der Waals surface area contributed by atoms with Gasteiger partial charge in [-0.2, -0.15) is 0 Å². The molecule has 3 heterocycles. The van der Waals surface area contributed by atoms with Crippen LogP contribution >= 0.6 is 11.6 Å². The van der Waals surface area contributed by atoms with E-state index in [9.17, 15) is 14.3 Å². The number of nitrogens with zero attached hydrogens (tertiary/aromatic N) is 3. The van der Waals surface area contributed by atoms with Crippen molar-refractivity contribution < 1.29 is 14.2 Å². The smallest absolute Gasteiger partial charge is 0.275 e. The lowest BCUT2D eigenvalue weighted by Gasteiger charge is -2.15. The average molecular weight is 511 g/mol. The number of aromatic nitrogens is 3. The van der Waals surface area contributed by atoms with Crippen LogP contribution in [0.3, 0.4) is 0 Å². The number of nitrogens with one attached hydrogen (secondary N) is 1. The van der Waals surface area contributed by atoms with Gasteiger partial charge in [0.15, 0.2) is 0 Å². The summed E-state index contributed by atoms with van der Waals surface area (Å²) < 4.78 is 22.6. The first-order chi connectivity index (χ1) is 17.5. The summed E-state index contributed by atoms with van der Waals surface area (Å²) in [5.74, 6) is 0.334. The summed E-state index contributed by atoms with van der Waals surface area (Å²) in [6, 6.07) is 8.30. The monoisotopic (exact) mass is 510 g/mol. The van der Waals surface area contributed by atoms with E-state index >= 15 is 0 Å². The van der Waals surface area contributed by atoms with Crippen molar-refractivity contribution in [2.75, 3.05) is 12.4 Å². The lowest BCUT2D eigenvalue weighted by Crippen LogP contribution is -2.26. The summed E-state index contributed by atoms with van der Waals surface area (Å²) >= 11 is 6.52. The van der Waals surface area contributed by atoms with E-state index in [0.29, 0.717) is 33.4 Å². The van der Waals surface area contributed by atoms with Crippen molar-refractivity contribution in [3.63, 3.8) is 0 Å². The second kappa shape index (κ2) is 10.4. The van der Waals surface area contributed by atoms with E-state index in [1.807, 2.05) is 18.5 Å². The number of halogens is 2. The Hall–Kier alpha value is -3.20. The number of hydrogen-bond acceptors (Lipinski definition) is 5. The Balaban J connectivity index is 1.57. The Bertz CT molecular complexity index is 1460. The molecule has 1 aliphatic carbocycles. The third-order valence-electron chi connectivity index (χ3n) is 6.78. The number of ether oxygens (including phenoxy) is 1. The number of anilines is 1. The first-order valence-electron chi connectivity index (χ1n) is 12.0. The zero-order chi connectivity index (χ0) is 25.2. The van der Waals surface area contributed by atoms with Gasteiger partial charge in [0.1, 0.15) is 17.2 Å². The first kappa shape index (κ1) is 24.5. The van der Waals surface area contributed by atoms with Gasteiger partial charge in [-0.05, 0) is 48.2 Å². The predicted molar refractivity (Wildman–Crippen MR) is 138 cm³/mol. The van der Waals surface area contributed by atoms with E-state index in [4.69, 9.17) is 16.3 Å². The molecule has 36 heavy (non-hydrogen) atoms. The molecule has 1 aliphatic rings. The molecule has 0 unspecified atom stereocenters. The van der Waals surface area contributed by atoms with Crippen LogP contribution in [0.2, 0.25) is 5.02 Å². The maximum absolute atomic E-state index is 14.0. The van der Waals surface area contributed by atoms with Gasteiger partial charge in [0, 0.05) is 42.9 Å². The van der Waals surface area contributed by atoms with Crippen LogP contribution in [0.1, 0.15) is 42.5 Å². The lowest BCUT2D eigenvalue weighted by atomic mass is 10.1. The van der Waals surface area contributed by atoms with Gasteiger partial charge in [-0.25, -0.2) is 9.37 Å². The molecule has 0 saturated heterocycles. The quantitative estimate of drug-likeness (QED) is 0.349. The predicted octanol–water partition coefficient (Wildman–Crippen LogP) is 5.00. The van der Waals surface area contributed by atoms with Crippen molar-refractivity contribution in [1.82, 2.24) is 14.0 Å². The summed E-state index contributed by atoms with van der Waals surface area (Å²) in [4.78, 5) is 18.1. The molecule has 0 bridgehead atoms. The largest absolute Gasteiger partial charge is 0.392 e. The molecule has 5 rings (SSSR count). The van der Waals surface area contributed by atoms with Crippen LogP contribution in [0, 0.1) is 5.82 Å². The maximum atomic E-state index is 14.0. The SMILES string of the molecule is COCc1cn2cc(-c3cc(NC4CCCC4)ncc3Cl)cc2c(=O)n1Cc1cc(F)ccc1CO. The zero-order valence-electron chi connectivity index (χ0n) is 20.0. The molecule has 9 heteroatoms. The van der Waals surface area contributed by atoms with E-state index < -0.39 is 5.82 Å². The summed E-state index contributed by atoms with van der Waals surface area (Å²) in [7, 11) is 1.55. The summed E-state index contributed by atoms with van der Waals surface area (Å²) in [5.41, 5.74) is 3.49. The minimum atomic E-state index is -0.427. The van der Waals surface area contributed by atoms with Crippen LogP contribution in [0.4, 0.5) is 10.2 Å². The number of aliphatic hydroxyl groups is 1. The van der Waals surface area contributed by atoms with Crippen LogP contribution in [-0.2, 0) is 24.5 Å². The number of rotatable bonds is 8. The van der Waals surface area contributed by atoms with Gasteiger partial charge in [0.2, 0.25) is 0 Å². The first-order valence-corrected chi connectivity index (χ1v) is 12.4. The number of pyridine rings is 1. The molecule has 0 radical (unpaired) electrons. The van der Waals surface area contributed by atoms with Crippen LogP contribution in [0.15, 0.2) is 53.7 Å². The molecule has 0 atom stereocenters. The Kier molecular flexibility index (Phi) is 7.09. The fourth-order valence-electron chi connectivity index (χ4n) is 4.92. The summed E-state index contributed by atoms with van der Waals surface area (Å²) in [6.45, 7) is 0.0425. The van der Waals surface area contributed by atoms with E-state index in [1.54, 1.807) is 28.3 Å². The van der Waals surface area contributed by atoms with Crippen molar-refractivity contribution in [2.24, 2.45) is 0 Å². The average Bonchev–Trinajstić information content (AvgIpc) is 3.53. The highest BCUT2D eigenvalue weighted by atomic mass is 35.5. The standard InChI is InChI=1S/C27H28ClFN4O3/c1-36-16-22-14-32-12-19(23-10-26(30-11-24(23)28)31-21-4-2-3-5-21)9-25(32)27(35)33(22)13-18-8-20(29)7-6-17(18)15-34/h6-12,14,21,34H,2-5,13,15-16H2,1H3,(H,30,31). The molecule has 4 aromatic rings. The van der Waals surface area contributed by atoms with Crippen molar-refractivity contribution >= 4 is 22.9 Å². The molecule has 1 saturated carbocycles. The highest BCUT2D eigenvalue weighted by molar-refractivity contribution is 6.33. The minimum absolute atomic E-state index is 0.105. The van der Waals surface area contributed by atoms with Crippen LogP contribution in [0.5, 0.6) is 0 Å². The molecule has 3 aromatic heterocycles. The zero-order valence-corrected chi connectivity index (χ0v) is 20.8. The third kappa shape index (κ3) is 4.89. The number of methoxy groups -OCH3 is 1. The van der Waals surface area contributed by atoms with Crippen molar-refractivity contribution in [1.29, 1.82) is 0 Å². The van der Waals surface area contributed by atoms with E-state index in [2.05, 4.69) is 10.3 Å². The van der Waals surface area contributed by atoms with E-state index in [0.717, 1.165) is 29.8 Å². The summed E-state index contributed by atoms with van der Waals surface area (Å²) in [6.07, 6.45) is 10.0. The lowest BCUT2D eigenvalue weighted by molar-refractivity contribution is 0.177. The van der Waals surface area contributed by atoms with Gasteiger partial charge in [-0.3, -0.25) is 4.79 Å². The second-order valence-electron chi connectivity index (χ2n) is 9.21. The molecule has 0 spiro atoms. The number of fused-ring (bicyclic) bond motifs is 1. The Labute approximate surface area is 213 Å². The number of hydrogen-bond donors (Lipinski definition) is 2. The molecule has 1 fully saturated rings. The fraction of sp³-hybridized carbons (Fsp3) is 0.333. The van der Waals surface area contributed by atoms with Gasteiger partial charge in [0.05, 0.1) is 30.5 Å². The van der Waals surface area contributed by atoms with Crippen molar-refractivity contribution in [2.45, 2.75) is 51.5 Å². The molecule has 0 aliphatic heterocycles. The van der Waals surface area contributed by atoms with Gasteiger partial charge in [-0.15, -0.1) is 0 Å².